The van der Waals surface area contributed by atoms with E-state index in [1.165, 1.54) is 12.8 Å². The van der Waals surface area contributed by atoms with Crippen LogP contribution in [0.1, 0.15) is 33.1 Å². The van der Waals surface area contributed by atoms with Crippen LogP contribution in [-0.2, 0) is 4.74 Å². The Morgan fingerprint density at radius 2 is 2.21 bits per heavy atom. The summed E-state index contributed by atoms with van der Waals surface area (Å²) >= 11 is 0. The zero-order valence-corrected chi connectivity index (χ0v) is 9.22. The molecule has 0 aromatic heterocycles. The smallest absolute Gasteiger partial charge is 0.407 e. The van der Waals surface area contributed by atoms with Crippen molar-refractivity contribution in [2.75, 3.05) is 13.6 Å². The van der Waals surface area contributed by atoms with Crippen LogP contribution in [0.25, 0.3) is 0 Å². The fraction of sp³-hybridized carbons (Fsp3) is 0.900. The highest BCUT2D eigenvalue weighted by Crippen LogP contribution is 2.22. The summed E-state index contributed by atoms with van der Waals surface area (Å²) in [5, 5.41) is 5.86. The summed E-state index contributed by atoms with van der Waals surface area (Å²) in [7, 11) is 1.58. The van der Waals surface area contributed by atoms with Crippen molar-refractivity contribution in [2.24, 2.45) is 0 Å². The van der Waals surface area contributed by atoms with Gasteiger partial charge in [-0.05, 0) is 33.2 Å². The van der Waals surface area contributed by atoms with E-state index in [1.807, 2.05) is 13.8 Å². The monoisotopic (exact) mass is 200 g/mol. The molecule has 1 unspecified atom stereocenters. The van der Waals surface area contributed by atoms with Crippen LogP contribution < -0.4 is 10.6 Å². The van der Waals surface area contributed by atoms with Crippen molar-refractivity contribution in [3.63, 3.8) is 0 Å². The van der Waals surface area contributed by atoms with Crippen LogP contribution in [0.15, 0.2) is 0 Å². The summed E-state index contributed by atoms with van der Waals surface area (Å²) in [6, 6.07) is 0.272. The van der Waals surface area contributed by atoms with E-state index in [2.05, 4.69) is 10.6 Å². The Labute approximate surface area is 85.4 Å². The number of amides is 1. The van der Waals surface area contributed by atoms with E-state index in [0.29, 0.717) is 0 Å². The summed E-state index contributed by atoms with van der Waals surface area (Å²) in [4.78, 5) is 11.1. The predicted octanol–water partition coefficient (Wildman–Crippen LogP) is 1.26. The van der Waals surface area contributed by atoms with Gasteiger partial charge in [0.1, 0.15) is 5.60 Å². The number of alkyl carbamates (subject to hydrolysis) is 1. The van der Waals surface area contributed by atoms with Gasteiger partial charge in [0, 0.05) is 13.1 Å². The fourth-order valence-corrected chi connectivity index (χ4v) is 1.81. The minimum atomic E-state index is -0.430. The molecule has 1 heterocycles. The Morgan fingerprint density at radius 1 is 1.50 bits per heavy atom. The molecule has 0 radical (unpaired) electrons. The summed E-state index contributed by atoms with van der Waals surface area (Å²) in [6.07, 6.45) is 3.14. The summed E-state index contributed by atoms with van der Waals surface area (Å²) in [6.45, 7) is 4.92. The maximum absolute atomic E-state index is 11.1. The third-order valence-electron chi connectivity index (χ3n) is 2.71. The molecule has 1 fully saturated rings. The number of piperidine rings is 1. The SMILES string of the molecule is CNC(=O)OC(C)(C)C1CCCCN1. The average molecular weight is 200 g/mol. The third kappa shape index (κ3) is 2.87. The summed E-state index contributed by atoms with van der Waals surface area (Å²) in [5.74, 6) is 0. The largest absolute Gasteiger partial charge is 0.442 e. The van der Waals surface area contributed by atoms with Gasteiger partial charge in [-0.1, -0.05) is 6.42 Å². The number of carbonyl (C=O) groups is 1. The van der Waals surface area contributed by atoms with Gasteiger partial charge in [0.15, 0.2) is 0 Å². The fourth-order valence-electron chi connectivity index (χ4n) is 1.81. The molecule has 4 heteroatoms. The number of nitrogens with one attached hydrogen (secondary N) is 2. The molecular formula is C10H20N2O2. The van der Waals surface area contributed by atoms with E-state index >= 15 is 0 Å². The lowest BCUT2D eigenvalue weighted by Crippen LogP contribution is -2.52. The normalized spacial score (nSPS) is 22.9. The second-order valence-electron chi connectivity index (χ2n) is 4.25. The Morgan fingerprint density at radius 3 is 2.71 bits per heavy atom. The standard InChI is InChI=1S/C10H20N2O2/c1-10(2,14-9(13)11-3)8-6-4-5-7-12-8/h8,12H,4-7H2,1-3H3,(H,11,13). The molecule has 14 heavy (non-hydrogen) atoms. The van der Waals surface area contributed by atoms with Crippen LogP contribution in [-0.4, -0.2) is 31.3 Å². The minimum absolute atomic E-state index is 0.272. The first-order valence-corrected chi connectivity index (χ1v) is 5.20. The van der Waals surface area contributed by atoms with E-state index in [0.717, 1.165) is 13.0 Å². The quantitative estimate of drug-likeness (QED) is 0.705. The molecule has 1 atom stereocenters. The number of hydrogen-bond donors (Lipinski definition) is 2. The van der Waals surface area contributed by atoms with Crippen LogP contribution >= 0.6 is 0 Å². The van der Waals surface area contributed by atoms with E-state index in [9.17, 15) is 4.79 Å². The molecule has 0 saturated carbocycles. The average Bonchev–Trinajstić information content (AvgIpc) is 2.18. The zero-order valence-electron chi connectivity index (χ0n) is 9.22. The van der Waals surface area contributed by atoms with Crippen molar-refractivity contribution in [2.45, 2.75) is 44.8 Å². The van der Waals surface area contributed by atoms with Gasteiger partial charge in [-0.25, -0.2) is 4.79 Å². The zero-order chi connectivity index (χ0) is 10.6. The molecule has 1 aliphatic heterocycles. The molecule has 0 aliphatic carbocycles. The van der Waals surface area contributed by atoms with Crippen molar-refractivity contribution in [3.05, 3.63) is 0 Å². The van der Waals surface area contributed by atoms with E-state index in [4.69, 9.17) is 4.74 Å². The Balaban J connectivity index is 2.49. The van der Waals surface area contributed by atoms with Gasteiger partial charge in [-0.2, -0.15) is 0 Å². The molecule has 1 rings (SSSR count). The predicted molar refractivity (Wildman–Crippen MR) is 55.3 cm³/mol. The molecule has 1 saturated heterocycles. The van der Waals surface area contributed by atoms with Gasteiger partial charge in [-0.15, -0.1) is 0 Å². The topological polar surface area (TPSA) is 50.4 Å². The second-order valence-corrected chi connectivity index (χ2v) is 4.25. The molecule has 0 aromatic carbocycles. The van der Waals surface area contributed by atoms with E-state index in [-0.39, 0.29) is 12.1 Å². The maximum atomic E-state index is 11.1. The Bertz CT molecular complexity index is 198. The van der Waals surface area contributed by atoms with Crippen molar-refractivity contribution in [3.8, 4) is 0 Å². The molecule has 4 nitrogen and oxygen atoms in total. The van der Waals surface area contributed by atoms with Gasteiger partial charge in [0.2, 0.25) is 0 Å². The minimum Gasteiger partial charge on any atom is -0.442 e. The number of ether oxygens (including phenoxy) is 1. The van der Waals surface area contributed by atoms with Gasteiger partial charge < -0.3 is 15.4 Å². The molecule has 82 valence electrons. The van der Waals surface area contributed by atoms with Gasteiger partial charge in [0.25, 0.3) is 0 Å². The molecule has 0 spiro atoms. The van der Waals surface area contributed by atoms with E-state index < -0.39 is 5.60 Å². The molecule has 2 N–H and O–H groups in total. The van der Waals surface area contributed by atoms with Gasteiger partial charge in [0.05, 0.1) is 0 Å². The summed E-state index contributed by atoms with van der Waals surface area (Å²) < 4.78 is 5.31. The molecule has 0 bridgehead atoms. The first-order chi connectivity index (χ1) is 6.56. The molecule has 1 amide bonds. The number of rotatable bonds is 2. The maximum Gasteiger partial charge on any atom is 0.407 e. The van der Waals surface area contributed by atoms with Crippen molar-refractivity contribution in [1.29, 1.82) is 0 Å². The Hall–Kier alpha value is -0.770. The van der Waals surface area contributed by atoms with Crippen LogP contribution in [0.2, 0.25) is 0 Å². The van der Waals surface area contributed by atoms with Crippen molar-refractivity contribution >= 4 is 6.09 Å². The number of hydrogen-bond acceptors (Lipinski definition) is 3. The lowest BCUT2D eigenvalue weighted by Gasteiger charge is -2.36. The van der Waals surface area contributed by atoms with Crippen LogP contribution in [0.5, 0.6) is 0 Å². The molecular weight excluding hydrogens is 180 g/mol. The highest BCUT2D eigenvalue weighted by atomic mass is 16.6. The first-order valence-electron chi connectivity index (χ1n) is 5.20. The Kier molecular flexibility index (Phi) is 3.75. The van der Waals surface area contributed by atoms with Crippen molar-refractivity contribution < 1.29 is 9.53 Å². The van der Waals surface area contributed by atoms with E-state index in [1.54, 1.807) is 7.05 Å². The highest BCUT2D eigenvalue weighted by Gasteiger charge is 2.33. The van der Waals surface area contributed by atoms with Crippen LogP contribution in [0.4, 0.5) is 4.79 Å². The van der Waals surface area contributed by atoms with Crippen LogP contribution in [0.3, 0.4) is 0 Å². The number of carbonyl (C=O) groups excluding carboxylic acids is 1. The first kappa shape index (κ1) is 11.3. The molecule has 1 aliphatic rings. The van der Waals surface area contributed by atoms with Gasteiger partial charge >= 0.3 is 6.09 Å². The third-order valence-corrected chi connectivity index (χ3v) is 2.71. The van der Waals surface area contributed by atoms with Gasteiger partial charge in [-0.3, -0.25) is 0 Å². The highest BCUT2D eigenvalue weighted by molar-refractivity contribution is 5.67. The van der Waals surface area contributed by atoms with Crippen LogP contribution in [0, 0.1) is 0 Å². The van der Waals surface area contributed by atoms with Crippen molar-refractivity contribution in [1.82, 2.24) is 10.6 Å². The second kappa shape index (κ2) is 4.64. The lowest BCUT2D eigenvalue weighted by molar-refractivity contribution is 0.00379. The summed E-state index contributed by atoms with van der Waals surface area (Å²) in [5.41, 5.74) is -0.430. The molecule has 0 aromatic rings. The lowest BCUT2D eigenvalue weighted by atomic mass is 9.91.